The zero-order valence-electron chi connectivity index (χ0n) is 10.8. The summed E-state index contributed by atoms with van der Waals surface area (Å²) in [5.74, 6) is 0.965. The number of rotatable bonds is 1. The number of nitriles is 1. The van der Waals surface area contributed by atoms with E-state index in [-0.39, 0.29) is 5.82 Å². The molecule has 3 rings (SSSR count). The van der Waals surface area contributed by atoms with Crippen molar-refractivity contribution in [3.63, 3.8) is 0 Å². The van der Waals surface area contributed by atoms with Gasteiger partial charge in [0.1, 0.15) is 5.82 Å². The fourth-order valence-electron chi connectivity index (χ4n) is 3.50. The molecule has 1 saturated carbocycles. The molecule has 100 valence electrons. The van der Waals surface area contributed by atoms with E-state index in [0.29, 0.717) is 23.4 Å². The molecule has 1 aromatic carbocycles. The number of nitrogens with zero attached hydrogens (tertiary/aromatic N) is 2. The first-order chi connectivity index (χ1) is 9.15. The first-order valence-corrected chi connectivity index (χ1v) is 6.87. The highest BCUT2D eigenvalue weighted by Crippen LogP contribution is 2.37. The van der Waals surface area contributed by atoms with E-state index in [1.165, 1.54) is 18.6 Å². The van der Waals surface area contributed by atoms with E-state index in [4.69, 9.17) is 11.0 Å². The lowest BCUT2D eigenvalue weighted by molar-refractivity contribution is 0.271. The third kappa shape index (κ3) is 2.43. The molecule has 1 heterocycles. The second kappa shape index (κ2) is 4.82. The molecule has 19 heavy (non-hydrogen) atoms. The summed E-state index contributed by atoms with van der Waals surface area (Å²) in [6.07, 6.45) is 3.34. The third-order valence-corrected chi connectivity index (χ3v) is 4.47. The Kier molecular flexibility index (Phi) is 3.16. The number of anilines is 1. The van der Waals surface area contributed by atoms with Gasteiger partial charge in [-0.2, -0.15) is 5.26 Å². The monoisotopic (exact) mass is 259 g/mol. The molecule has 0 radical (unpaired) electrons. The normalized spacial score (nSPS) is 29.9. The van der Waals surface area contributed by atoms with Gasteiger partial charge in [-0.05, 0) is 49.3 Å². The fourth-order valence-corrected chi connectivity index (χ4v) is 3.50. The summed E-state index contributed by atoms with van der Waals surface area (Å²) in [5.41, 5.74) is 7.25. The Labute approximate surface area is 112 Å². The van der Waals surface area contributed by atoms with Gasteiger partial charge in [0.05, 0.1) is 11.6 Å². The van der Waals surface area contributed by atoms with E-state index in [1.807, 2.05) is 6.07 Å². The average Bonchev–Trinajstić information content (AvgIpc) is 2.80. The van der Waals surface area contributed by atoms with E-state index < -0.39 is 0 Å². The van der Waals surface area contributed by atoms with E-state index in [9.17, 15) is 4.39 Å². The van der Waals surface area contributed by atoms with Gasteiger partial charge in [-0.1, -0.05) is 0 Å². The van der Waals surface area contributed by atoms with Crippen molar-refractivity contribution in [2.24, 2.45) is 17.6 Å². The third-order valence-electron chi connectivity index (χ3n) is 4.47. The van der Waals surface area contributed by atoms with Crippen LogP contribution in [0.3, 0.4) is 0 Å². The van der Waals surface area contributed by atoms with Gasteiger partial charge in [0.2, 0.25) is 0 Å². The van der Waals surface area contributed by atoms with Crippen LogP contribution in [0.25, 0.3) is 0 Å². The zero-order chi connectivity index (χ0) is 13.4. The Bertz CT molecular complexity index is 523. The molecule has 1 aliphatic heterocycles. The molecule has 2 aliphatic rings. The molecule has 4 heteroatoms. The predicted molar refractivity (Wildman–Crippen MR) is 72.1 cm³/mol. The Hall–Kier alpha value is -1.60. The number of nitrogens with two attached hydrogens (primary N) is 1. The van der Waals surface area contributed by atoms with Gasteiger partial charge >= 0.3 is 0 Å². The summed E-state index contributed by atoms with van der Waals surface area (Å²) < 4.78 is 13.5. The maximum absolute atomic E-state index is 13.5. The molecule has 0 aromatic heterocycles. The molecule has 1 aliphatic carbocycles. The molecular weight excluding hydrogens is 241 g/mol. The van der Waals surface area contributed by atoms with Gasteiger partial charge in [-0.25, -0.2) is 4.39 Å². The lowest BCUT2D eigenvalue weighted by atomic mass is 9.79. The molecule has 2 N–H and O–H groups in total. The predicted octanol–water partition coefficient (Wildman–Crippen LogP) is 2.26. The van der Waals surface area contributed by atoms with Crippen LogP contribution in [0.2, 0.25) is 0 Å². The minimum Gasteiger partial charge on any atom is -0.371 e. The molecule has 2 fully saturated rings. The van der Waals surface area contributed by atoms with Crippen LogP contribution < -0.4 is 10.6 Å². The minimum absolute atomic E-state index is 0.323. The van der Waals surface area contributed by atoms with Crippen LogP contribution in [-0.4, -0.2) is 19.1 Å². The van der Waals surface area contributed by atoms with Gasteiger partial charge in [0.15, 0.2) is 0 Å². The molecule has 0 spiro atoms. The topological polar surface area (TPSA) is 53.0 Å². The first kappa shape index (κ1) is 12.4. The van der Waals surface area contributed by atoms with Crippen molar-refractivity contribution in [3.8, 4) is 6.07 Å². The first-order valence-electron chi connectivity index (χ1n) is 6.87. The molecule has 3 nitrogen and oxygen atoms in total. The minimum atomic E-state index is -0.333. The smallest absolute Gasteiger partial charge is 0.126 e. The van der Waals surface area contributed by atoms with Crippen LogP contribution in [0.4, 0.5) is 10.1 Å². The van der Waals surface area contributed by atoms with Crippen molar-refractivity contribution in [1.82, 2.24) is 0 Å². The van der Waals surface area contributed by atoms with Crippen molar-refractivity contribution in [1.29, 1.82) is 5.26 Å². The largest absolute Gasteiger partial charge is 0.371 e. The Morgan fingerprint density at radius 1 is 1.21 bits per heavy atom. The van der Waals surface area contributed by atoms with Crippen LogP contribution in [0, 0.1) is 29.0 Å². The maximum atomic E-state index is 13.5. The lowest BCUT2D eigenvalue weighted by Gasteiger charge is -2.27. The van der Waals surface area contributed by atoms with Crippen molar-refractivity contribution >= 4 is 5.69 Å². The summed E-state index contributed by atoms with van der Waals surface area (Å²) in [6, 6.07) is 6.92. The SMILES string of the molecule is N#Cc1cc(F)cc(N2C[C@H]3CCC(N)C[C@H]3C2)c1. The Morgan fingerprint density at radius 3 is 2.79 bits per heavy atom. The van der Waals surface area contributed by atoms with Crippen LogP contribution in [-0.2, 0) is 0 Å². The molecule has 1 saturated heterocycles. The molecular formula is C15H18FN3. The van der Waals surface area contributed by atoms with Crippen molar-refractivity contribution in [2.75, 3.05) is 18.0 Å². The molecule has 1 aromatic rings. The summed E-state index contributed by atoms with van der Waals surface area (Å²) in [5, 5.41) is 8.92. The summed E-state index contributed by atoms with van der Waals surface area (Å²) in [4.78, 5) is 2.21. The highest BCUT2D eigenvalue weighted by molar-refractivity contribution is 5.53. The van der Waals surface area contributed by atoms with Crippen molar-refractivity contribution < 1.29 is 4.39 Å². The van der Waals surface area contributed by atoms with Crippen molar-refractivity contribution in [2.45, 2.75) is 25.3 Å². The Balaban J connectivity index is 1.81. The van der Waals surface area contributed by atoms with E-state index in [1.54, 1.807) is 6.07 Å². The average molecular weight is 259 g/mol. The Morgan fingerprint density at radius 2 is 2.00 bits per heavy atom. The fraction of sp³-hybridized carbons (Fsp3) is 0.533. The van der Waals surface area contributed by atoms with E-state index in [2.05, 4.69) is 4.90 Å². The quantitative estimate of drug-likeness (QED) is 0.841. The van der Waals surface area contributed by atoms with Crippen LogP contribution in [0.15, 0.2) is 18.2 Å². The van der Waals surface area contributed by atoms with Crippen LogP contribution in [0.5, 0.6) is 0 Å². The van der Waals surface area contributed by atoms with Gasteiger partial charge in [0, 0.05) is 24.8 Å². The number of halogens is 1. The number of hydrogen-bond acceptors (Lipinski definition) is 3. The van der Waals surface area contributed by atoms with Crippen molar-refractivity contribution in [3.05, 3.63) is 29.6 Å². The molecule has 0 bridgehead atoms. The van der Waals surface area contributed by atoms with Crippen LogP contribution >= 0.6 is 0 Å². The van der Waals surface area contributed by atoms with E-state index in [0.717, 1.165) is 31.6 Å². The van der Waals surface area contributed by atoms with Gasteiger partial charge < -0.3 is 10.6 Å². The summed E-state index contributed by atoms with van der Waals surface area (Å²) in [6.45, 7) is 1.90. The number of hydrogen-bond donors (Lipinski definition) is 1. The highest BCUT2D eigenvalue weighted by Gasteiger charge is 2.36. The molecule has 3 atom stereocenters. The van der Waals surface area contributed by atoms with Gasteiger partial charge in [0.25, 0.3) is 0 Å². The second-order valence-corrected chi connectivity index (χ2v) is 5.81. The van der Waals surface area contributed by atoms with Gasteiger partial charge in [-0.3, -0.25) is 0 Å². The summed E-state index contributed by atoms with van der Waals surface area (Å²) >= 11 is 0. The lowest BCUT2D eigenvalue weighted by Crippen LogP contribution is -2.32. The standard InChI is InChI=1S/C15H18FN3/c16-13-3-10(7-17)4-15(6-13)19-8-11-1-2-14(18)5-12(11)9-19/h3-4,6,11-12,14H,1-2,5,8-9,18H2/t11-,12+,14?/m1/s1. The number of fused-ring (bicyclic) bond motifs is 1. The van der Waals surface area contributed by atoms with E-state index >= 15 is 0 Å². The molecule has 1 unspecified atom stereocenters. The van der Waals surface area contributed by atoms with Crippen LogP contribution in [0.1, 0.15) is 24.8 Å². The second-order valence-electron chi connectivity index (χ2n) is 5.81. The zero-order valence-corrected chi connectivity index (χ0v) is 10.8. The maximum Gasteiger partial charge on any atom is 0.126 e. The molecule has 0 amide bonds. The number of benzene rings is 1. The van der Waals surface area contributed by atoms with Gasteiger partial charge in [-0.15, -0.1) is 0 Å². The summed E-state index contributed by atoms with van der Waals surface area (Å²) in [7, 11) is 0. The highest BCUT2D eigenvalue weighted by atomic mass is 19.1.